The van der Waals surface area contributed by atoms with E-state index in [4.69, 9.17) is 0 Å². The Balaban J connectivity index is 0. The molecule has 0 aromatic rings. The second kappa shape index (κ2) is 6.55. The Bertz CT molecular complexity index is 85.0. The molecule has 0 saturated carbocycles. The summed E-state index contributed by atoms with van der Waals surface area (Å²) in [5.74, 6) is 0. The molecule has 0 aliphatic rings. The molecule has 0 aliphatic heterocycles. The molecule has 58 valence electrons. The van der Waals surface area contributed by atoms with Gasteiger partial charge in [-0.1, -0.05) is 0 Å². The zero-order valence-electron chi connectivity index (χ0n) is 5.48. The standard InChI is InChI=1S/C5H11NOS.Au/c1-3-6(4-2)5(7)8;/h3-4H2,1-2H3,(H,7,8);/q;+1/p-1. The maximum Gasteiger partial charge on any atom is 1.00 e. The van der Waals surface area contributed by atoms with Crippen LogP contribution in [0.15, 0.2) is 0 Å². The van der Waals surface area contributed by atoms with E-state index in [1.807, 2.05) is 13.8 Å². The van der Waals surface area contributed by atoms with Gasteiger partial charge in [-0.05, 0) is 13.8 Å². The number of hydrogen-bond donors (Lipinski definition) is 0. The van der Waals surface area contributed by atoms with E-state index < -0.39 is 0 Å². The van der Waals surface area contributed by atoms with Crippen molar-refractivity contribution in [1.29, 1.82) is 0 Å². The molecule has 0 radical (unpaired) electrons. The first-order chi connectivity index (χ1) is 3.72. The Kier molecular flexibility index (Phi) is 8.83. The summed E-state index contributed by atoms with van der Waals surface area (Å²) < 4.78 is 0. The van der Waals surface area contributed by atoms with Crippen molar-refractivity contribution in [3.8, 4) is 0 Å². The summed E-state index contributed by atoms with van der Waals surface area (Å²) in [6, 6.07) is 0. The van der Waals surface area contributed by atoms with E-state index in [9.17, 15) is 4.79 Å². The second-order valence-corrected chi connectivity index (χ2v) is 1.79. The Hall–Kier alpha value is 0.430. The van der Waals surface area contributed by atoms with Crippen LogP contribution in [0.3, 0.4) is 0 Å². The van der Waals surface area contributed by atoms with Crippen molar-refractivity contribution in [2.45, 2.75) is 13.8 Å². The van der Waals surface area contributed by atoms with Crippen LogP contribution in [-0.4, -0.2) is 23.2 Å². The van der Waals surface area contributed by atoms with Gasteiger partial charge >= 0.3 is 22.4 Å². The van der Waals surface area contributed by atoms with Gasteiger partial charge in [-0.15, -0.1) is 0 Å². The number of nitrogens with zero attached hydrogens (tertiary/aromatic N) is 1. The SMILES string of the molecule is CCN(CC)C(=O)[S-].[Au+]. The predicted octanol–water partition coefficient (Wildman–Crippen LogP) is 0.993. The summed E-state index contributed by atoms with van der Waals surface area (Å²) in [5, 5.41) is -0.255. The summed E-state index contributed by atoms with van der Waals surface area (Å²) in [4.78, 5) is 11.9. The minimum Gasteiger partial charge on any atom is -0.719 e. The van der Waals surface area contributed by atoms with Gasteiger partial charge in [0.25, 0.3) is 0 Å². The van der Waals surface area contributed by atoms with Gasteiger partial charge < -0.3 is 22.3 Å². The van der Waals surface area contributed by atoms with Crippen molar-refractivity contribution in [2.24, 2.45) is 0 Å². The van der Waals surface area contributed by atoms with Crippen molar-refractivity contribution < 1.29 is 27.2 Å². The molecule has 0 aromatic carbocycles. The Morgan fingerprint density at radius 3 is 1.78 bits per heavy atom. The van der Waals surface area contributed by atoms with Gasteiger partial charge in [-0.2, -0.15) is 0 Å². The molecule has 1 amide bonds. The third-order valence-corrected chi connectivity index (χ3v) is 1.28. The number of amides is 1. The first-order valence-corrected chi connectivity index (χ1v) is 3.09. The van der Waals surface area contributed by atoms with Crippen molar-refractivity contribution in [3.05, 3.63) is 0 Å². The van der Waals surface area contributed by atoms with E-state index in [-0.39, 0.29) is 27.6 Å². The van der Waals surface area contributed by atoms with Gasteiger partial charge in [-0.3, -0.25) is 0 Å². The number of hydrogen-bond acceptors (Lipinski definition) is 2. The first-order valence-electron chi connectivity index (χ1n) is 2.68. The monoisotopic (exact) mass is 329 g/mol. The summed E-state index contributed by atoms with van der Waals surface area (Å²) in [6.07, 6.45) is 0. The molecule has 0 unspecified atom stereocenters. The molecule has 2 nitrogen and oxygen atoms in total. The summed E-state index contributed by atoms with van der Waals surface area (Å²) in [7, 11) is 0. The minimum atomic E-state index is -0.255. The molecule has 0 fully saturated rings. The van der Waals surface area contributed by atoms with Crippen LogP contribution in [0.4, 0.5) is 4.79 Å². The smallest absolute Gasteiger partial charge is 0.719 e. The normalized spacial score (nSPS) is 7.78. The Labute approximate surface area is 76.9 Å². The summed E-state index contributed by atoms with van der Waals surface area (Å²) >= 11 is 4.39. The van der Waals surface area contributed by atoms with Crippen LogP contribution in [-0.2, 0) is 35.0 Å². The fourth-order valence-electron chi connectivity index (χ4n) is 0.482. The van der Waals surface area contributed by atoms with Crippen LogP contribution >= 0.6 is 0 Å². The van der Waals surface area contributed by atoms with Crippen molar-refractivity contribution in [3.63, 3.8) is 0 Å². The third-order valence-electron chi connectivity index (χ3n) is 1.02. The topological polar surface area (TPSA) is 20.3 Å². The van der Waals surface area contributed by atoms with Gasteiger partial charge in [0.15, 0.2) is 0 Å². The molecular formula is C5H10AuNOS. The maximum atomic E-state index is 10.3. The van der Waals surface area contributed by atoms with Crippen LogP contribution in [0.5, 0.6) is 0 Å². The van der Waals surface area contributed by atoms with E-state index in [1.54, 1.807) is 4.90 Å². The van der Waals surface area contributed by atoms with E-state index in [2.05, 4.69) is 12.6 Å². The molecule has 0 atom stereocenters. The molecule has 0 saturated heterocycles. The number of carbonyl (C=O) groups is 1. The first kappa shape index (κ1) is 12.1. The molecule has 4 heteroatoms. The quantitative estimate of drug-likeness (QED) is 0.556. The number of rotatable bonds is 2. The van der Waals surface area contributed by atoms with E-state index in [0.29, 0.717) is 0 Å². The molecule has 0 heterocycles. The van der Waals surface area contributed by atoms with Crippen LogP contribution in [0.2, 0.25) is 0 Å². The molecule has 9 heavy (non-hydrogen) atoms. The predicted molar refractivity (Wildman–Crippen MR) is 35.7 cm³/mol. The average molecular weight is 329 g/mol. The molecule has 0 aliphatic carbocycles. The fraction of sp³-hybridized carbons (Fsp3) is 0.800. The van der Waals surface area contributed by atoms with Crippen LogP contribution < -0.4 is 0 Å². The maximum absolute atomic E-state index is 10.3. The Morgan fingerprint density at radius 2 is 1.78 bits per heavy atom. The van der Waals surface area contributed by atoms with Crippen molar-refractivity contribution in [2.75, 3.05) is 13.1 Å². The molecular weight excluding hydrogens is 319 g/mol. The van der Waals surface area contributed by atoms with Crippen LogP contribution in [0.1, 0.15) is 13.8 Å². The van der Waals surface area contributed by atoms with E-state index in [1.165, 1.54) is 0 Å². The fourth-order valence-corrected chi connectivity index (χ4v) is 0.740. The van der Waals surface area contributed by atoms with Crippen molar-refractivity contribution >= 4 is 17.9 Å². The molecule has 0 aromatic heterocycles. The molecule has 0 N–H and O–H groups in total. The zero-order valence-corrected chi connectivity index (χ0v) is 8.46. The molecule has 0 bridgehead atoms. The second-order valence-electron chi connectivity index (χ2n) is 1.44. The van der Waals surface area contributed by atoms with Crippen molar-refractivity contribution in [1.82, 2.24) is 4.90 Å². The average Bonchev–Trinajstić information content (AvgIpc) is 1.69. The van der Waals surface area contributed by atoms with Gasteiger partial charge in [0.2, 0.25) is 0 Å². The van der Waals surface area contributed by atoms with Gasteiger partial charge in [-0.25, -0.2) is 0 Å². The van der Waals surface area contributed by atoms with Gasteiger partial charge in [0.1, 0.15) is 5.24 Å². The number of carbonyl (C=O) groups excluding carboxylic acids is 1. The third kappa shape index (κ3) is 4.90. The summed E-state index contributed by atoms with van der Waals surface area (Å²) in [5.41, 5.74) is 0. The van der Waals surface area contributed by atoms with Gasteiger partial charge in [0, 0.05) is 13.1 Å². The molecule has 0 spiro atoms. The van der Waals surface area contributed by atoms with Gasteiger partial charge in [0.05, 0.1) is 0 Å². The van der Waals surface area contributed by atoms with Crippen LogP contribution in [0.25, 0.3) is 0 Å². The van der Waals surface area contributed by atoms with Crippen LogP contribution in [0, 0.1) is 0 Å². The van der Waals surface area contributed by atoms with E-state index in [0.717, 1.165) is 13.1 Å². The van der Waals surface area contributed by atoms with E-state index >= 15 is 0 Å². The minimum absolute atomic E-state index is 0. The molecule has 0 rings (SSSR count). The Morgan fingerprint density at radius 1 is 1.44 bits per heavy atom. The summed E-state index contributed by atoms with van der Waals surface area (Å²) in [6.45, 7) is 5.26. The largest absolute Gasteiger partial charge is 1.00 e. The zero-order chi connectivity index (χ0) is 6.57.